The molecule has 1 aromatic carbocycles. The molecule has 154 valence electrons. The molecule has 0 spiro atoms. The zero-order valence-corrected chi connectivity index (χ0v) is 17.3. The van der Waals surface area contributed by atoms with E-state index in [9.17, 15) is 31.6 Å². The summed E-state index contributed by atoms with van der Waals surface area (Å²) < 4.78 is 50.1. The lowest BCUT2D eigenvalue weighted by molar-refractivity contribution is -0.155. The molecule has 2 amide bonds. The Hall–Kier alpha value is -2.31. The van der Waals surface area contributed by atoms with Crippen molar-refractivity contribution in [2.24, 2.45) is 0 Å². The molecule has 0 aromatic heterocycles. The van der Waals surface area contributed by atoms with Gasteiger partial charge in [0.1, 0.15) is 18.0 Å². The first-order valence-corrected chi connectivity index (χ1v) is 11.1. The summed E-state index contributed by atoms with van der Waals surface area (Å²) in [5.74, 6) is -3.32. The summed E-state index contributed by atoms with van der Waals surface area (Å²) in [5.41, 5.74) is -1.37. The number of nitrogens with zero attached hydrogens (tertiary/aromatic N) is 2. The van der Waals surface area contributed by atoms with Crippen LogP contribution in [0.1, 0.15) is 41.5 Å². The monoisotopic (exact) mass is 432 g/mol. The summed E-state index contributed by atoms with van der Waals surface area (Å²) in [7, 11) is -3.73. The third-order valence-electron chi connectivity index (χ3n) is 3.49. The maximum atomic E-state index is 12.8. The van der Waals surface area contributed by atoms with Crippen molar-refractivity contribution in [1.82, 2.24) is 4.90 Å². The molecule has 1 aliphatic heterocycles. The van der Waals surface area contributed by atoms with Gasteiger partial charge < -0.3 is 4.74 Å². The third-order valence-corrected chi connectivity index (χ3v) is 5.09. The summed E-state index contributed by atoms with van der Waals surface area (Å²) in [4.78, 5) is 38.0. The molecular weight excluding hydrogens is 412 g/mol. The Kier molecular flexibility index (Phi) is 5.97. The number of hydrogen-bond donors (Lipinski definition) is 1. The Morgan fingerprint density at radius 2 is 1.86 bits per heavy atom. The number of benzene rings is 1. The number of ether oxygens (including phenoxy) is 1. The molecule has 0 fully saturated rings. The first kappa shape index (κ1) is 22.0. The fourth-order valence-corrected chi connectivity index (χ4v) is 4.40. The van der Waals surface area contributed by atoms with Gasteiger partial charge in [-0.2, -0.15) is 0 Å². The maximum absolute atomic E-state index is 12.8. The second-order valence-electron chi connectivity index (χ2n) is 7.15. The summed E-state index contributed by atoms with van der Waals surface area (Å²) in [6.07, 6.45) is 0.859. The summed E-state index contributed by atoms with van der Waals surface area (Å²) >= 11 is -2.77. The lowest BCUT2D eigenvalue weighted by atomic mass is 10.1. The molecule has 0 aliphatic carbocycles. The van der Waals surface area contributed by atoms with Crippen LogP contribution in [0.15, 0.2) is 18.2 Å². The van der Waals surface area contributed by atoms with E-state index < -0.39 is 56.9 Å². The van der Waals surface area contributed by atoms with Crippen molar-refractivity contribution in [1.29, 1.82) is 0 Å². The third kappa shape index (κ3) is 4.94. The number of carbonyl (C=O) groups excluding carboxylic acids is 3. The number of esters is 1. The van der Waals surface area contributed by atoms with E-state index in [4.69, 9.17) is 4.74 Å². The van der Waals surface area contributed by atoms with Crippen LogP contribution in [0.3, 0.4) is 0 Å². The Morgan fingerprint density at radius 1 is 1.25 bits per heavy atom. The maximum Gasteiger partial charge on any atom is 0.326 e. The Balaban J connectivity index is 2.43. The van der Waals surface area contributed by atoms with Gasteiger partial charge in [0, 0.05) is 6.26 Å². The standard InChI is InChI=1S/C16H20N2O8S2/c1-16(2,3)26-12(19)8-17-14(20)10-6-5-7-11(13(10)15(17)21)18(27(22)23)9-28(4,24)25/h5-7H,8-9H2,1-4H3,(H,22,23). The van der Waals surface area contributed by atoms with Crippen LogP contribution in [0.25, 0.3) is 0 Å². The molecule has 1 aromatic rings. The van der Waals surface area contributed by atoms with Crippen molar-refractivity contribution in [2.45, 2.75) is 26.4 Å². The fraction of sp³-hybridized carbons (Fsp3) is 0.438. The van der Waals surface area contributed by atoms with Crippen molar-refractivity contribution >= 4 is 44.6 Å². The molecule has 0 saturated heterocycles. The number of sulfone groups is 1. The molecule has 2 rings (SSSR count). The van der Waals surface area contributed by atoms with E-state index in [2.05, 4.69) is 0 Å². The van der Waals surface area contributed by atoms with E-state index in [0.29, 0.717) is 9.21 Å². The largest absolute Gasteiger partial charge is 0.459 e. The number of fused-ring (bicyclic) bond motifs is 1. The summed E-state index contributed by atoms with van der Waals surface area (Å²) in [6, 6.07) is 3.91. The van der Waals surface area contributed by atoms with Gasteiger partial charge in [-0.15, -0.1) is 0 Å². The molecule has 1 aliphatic rings. The highest BCUT2D eigenvalue weighted by molar-refractivity contribution is 7.92. The number of imide groups is 1. The van der Waals surface area contributed by atoms with E-state index in [1.54, 1.807) is 20.8 Å². The zero-order valence-electron chi connectivity index (χ0n) is 15.7. The Morgan fingerprint density at radius 3 is 2.36 bits per heavy atom. The van der Waals surface area contributed by atoms with Gasteiger partial charge in [0.15, 0.2) is 9.84 Å². The predicted molar refractivity (Wildman–Crippen MR) is 101 cm³/mol. The van der Waals surface area contributed by atoms with Gasteiger partial charge in [-0.25, -0.2) is 12.6 Å². The molecule has 10 nitrogen and oxygen atoms in total. The van der Waals surface area contributed by atoms with Crippen LogP contribution in [-0.2, 0) is 30.6 Å². The average molecular weight is 432 g/mol. The lowest BCUT2D eigenvalue weighted by Gasteiger charge is -2.22. The van der Waals surface area contributed by atoms with Gasteiger partial charge in [0.05, 0.1) is 16.8 Å². The number of rotatable bonds is 6. The van der Waals surface area contributed by atoms with Crippen LogP contribution in [0.2, 0.25) is 0 Å². The highest BCUT2D eigenvalue weighted by Gasteiger charge is 2.41. The van der Waals surface area contributed by atoms with Crippen LogP contribution in [0.5, 0.6) is 0 Å². The van der Waals surface area contributed by atoms with Gasteiger partial charge in [-0.05, 0) is 32.9 Å². The molecule has 0 bridgehead atoms. The molecular formula is C16H20N2O8S2. The van der Waals surface area contributed by atoms with E-state index in [1.807, 2.05) is 0 Å². The smallest absolute Gasteiger partial charge is 0.326 e. The highest BCUT2D eigenvalue weighted by atomic mass is 32.2. The minimum Gasteiger partial charge on any atom is -0.459 e. The van der Waals surface area contributed by atoms with Crippen LogP contribution in [-0.4, -0.2) is 64.1 Å². The van der Waals surface area contributed by atoms with Crippen molar-refractivity contribution in [3.05, 3.63) is 29.3 Å². The van der Waals surface area contributed by atoms with Crippen LogP contribution in [0, 0.1) is 0 Å². The highest BCUT2D eigenvalue weighted by Crippen LogP contribution is 2.32. The predicted octanol–water partition coefficient (Wildman–Crippen LogP) is 0.569. The van der Waals surface area contributed by atoms with Crippen LogP contribution < -0.4 is 4.31 Å². The van der Waals surface area contributed by atoms with E-state index in [0.717, 1.165) is 6.26 Å². The van der Waals surface area contributed by atoms with E-state index in [1.165, 1.54) is 18.2 Å². The molecule has 12 heteroatoms. The molecule has 0 saturated carbocycles. The van der Waals surface area contributed by atoms with Crippen LogP contribution in [0.4, 0.5) is 5.69 Å². The number of hydrogen-bond acceptors (Lipinski definition) is 7. The number of carbonyl (C=O) groups is 3. The van der Waals surface area contributed by atoms with Crippen molar-refractivity contribution in [3.63, 3.8) is 0 Å². The number of anilines is 1. The average Bonchev–Trinajstić information content (AvgIpc) is 2.75. The van der Waals surface area contributed by atoms with Crippen molar-refractivity contribution < 1.29 is 36.3 Å². The van der Waals surface area contributed by atoms with Crippen molar-refractivity contribution in [2.75, 3.05) is 23.0 Å². The molecule has 0 radical (unpaired) electrons. The molecule has 1 heterocycles. The van der Waals surface area contributed by atoms with Crippen LogP contribution >= 0.6 is 0 Å². The molecule has 1 atom stereocenters. The second kappa shape index (κ2) is 7.60. The van der Waals surface area contributed by atoms with Gasteiger partial charge in [0.25, 0.3) is 23.1 Å². The molecule has 1 unspecified atom stereocenters. The Labute approximate surface area is 164 Å². The van der Waals surface area contributed by atoms with Gasteiger partial charge in [0.2, 0.25) is 0 Å². The summed E-state index contributed by atoms with van der Waals surface area (Å²) in [6.45, 7) is 4.25. The fourth-order valence-electron chi connectivity index (χ4n) is 2.58. The quantitative estimate of drug-likeness (QED) is 0.391. The molecule has 1 N–H and O–H groups in total. The first-order chi connectivity index (χ1) is 12.7. The van der Waals surface area contributed by atoms with E-state index in [-0.39, 0.29) is 16.8 Å². The second-order valence-corrected chi connectivity index (χ2v) is 10.2. The Bertz CT molecular complexity index is 965. The topological polar surface area (TPSA) is 138 Å². The lowest BCUT2D eigenvalue weighted by Crippen LogP contribution is -2.38. The minimum absolute atomic E-state index is 0.102. The summed E-state index contributed by atoms with van der Waals surface area (Å²) in [5, 5.41) is 0. The minimum atomic E-state index is -3.73. The van der Waals surface area contributed by atoms with Gasteiger partial charge >= 0.3 is 5.97 Å². The van der Waals surface area contributed by atoms with Gasteiger partial charge in [-0.1, -0.05) is 6.07 Å². The number of amides is 2. The zero-order chi connectivity index (χ0) is 21.4. The first-order valence-electron chi connectivity index (χ1n) is 7.98. The van der Waals surface area contributed by atoms with Crippen molar-refractivity contribution in [3.8, 4) is 0 Å². The SMILES string of the molecule is CC(C)(C)OC(=O)CN1C(=O)c2cccc(N(CS(C)(=O)=O)S(=O)O)c2C1=O. The normalized spacial score (nSPS) is 15.4. The molecule has 28 heavy (non-hydrogen) atoms. The van der Waals surface area contributed by atoms with Gasteiger partial charge in [-0.3, -0.25) is 28.1 Å². The van der Waals surface area contributed by atoms with E-state index >= 15 is 0 Å².